The molecule has 138 valence electrons. The molecule has 0 aliphatic heterocycles. The van der Waals surface area contributed by atoms with Gasteiger partial charge in [0.15, 0.2) is 6.10 Å². The van der Waals surface area contributed by atoms with E-state index in [4.69, 9.17) is 14.6 Å². The lowest BCUT2D eigenvalue weighted by atomic mass is 10.1. The first-order valence-corrected chi connectivity index (χ1v) is 8.15. The maximum atomic E-state index is 12.4. The molecule has 26 heavy (non-hydrogen) atoms. The van der Waals surface area contributed by atoms with Gasteiger partial charge < -0.3 is 25.2 Å². The van der Waals surface area contributed by atoms with Gasteiger partial charge in [0.1, 0.15) is 5.75 Å². The third kappa shape index (κ3) is 4.97. The van der Waals surface area contributed by atoms with Crippen molar-refractivity contribution in [3.05, 3.63) is 54.1 Å². The van der Waals surface area contributed by atoms with Crippen LogP contribution in [0.1, 0.15) is 17.3 Å². The number of anilines is 2. The number of carbonyl (C=O) groups is 2. The summed E-state index contributed by atoms with van der Waals surface area (Å²) in [4.78, 5) is 24.7. The molecule has 2 aromatic rings. The standard InChI is InChI=1S/C19H22N2O5/c1-13(18(23)21-16-9-5-6-10-17(16)25-2)26-19(24)14-7-3-4-8-15(14)20-11-12-22/h3-10,13,20,22H,11-12H2,1-2H3,(H,21,23)/t13-/m1/s1. The van der Waals surface area contributed by atoms with E-state index in [0.29, 0.717) is 23.7 Å². The van der Waals surface area contributed by atoms with Gasteiger partial charge in [-0.2, -0.15) is 0 Å². The second kappa shape index (κ2) is 9.43. The number of carbonyl (C=O) groups excluding carboxylic acids is 2. The lowest BCUT2D eigenvalue weighted by Crippen LogP contribution is -2.30. The average molecular weight is 358 g/mol. The monoisotopic (exact) mass is 358 g/mol. The highest BCUT2D eigenvalue weighted by Crippen LogP contribution is 2.23. The molecule has 0 saturated carbocycles. The third-order valence-electron chi connectivity index (χ3n) is 3.59. The number of para-hydroxylation sites is 3. The highest BCUT2D eigenvalue weighted by molar-refractivity contribution is 6.00. The Morgan fingerprint density at radius 1 is 1.08 bits per heavy atom. The predicted molar refractivity (Wildman–Crippen MR) is 98.5 cm³/mol. The quantitative estimate of drug-likeness (QED) is 0.627. The van der Waals surface area contributed by atoms with E-state index in [1.54, 1.807) is 48.5 Å². The van der Waals surface area contributed by atoms with E-state index in [1.807, 2.05) is 0 Å². The van der Waals surface area contributed by atoms with Gasteiger partial charge in [0.05, 0.1) is 25.0 Å². The number of nitrogens with one attached hydrogen (secondary N) is 2. The molecule has 0 unspecified atom stereocenters. The van der Waals surface area contributed by atoms with Gasteiger partial charge in [-0.15, -0.1) is 0 Å². The van der Waals surface area contributed by atoms with Crippen LogP contribution in [0, 0.1) is 0 Å². The van der Waals surface area contributed by atoms with Gasteiger partial charge in [-0.3, -0.25) is 4.79 Å². The molecule has 0 fully saturated rings. The first kappa shape index (κ1) is 19.3. The van der Waals surface area contributed by atoms with E-state index in [1.165, 1.54) is 14.0 Å². The van der Waals surface area contributed by atoms with Gasteiger partial charge in [-0.25, -0.2) is 4.79 Å². The molecule has 3 N–H and O–H groups in total. The van der Waals surface area contributed by atoms with Crippen molar-refractivity contribution in [3.8, 4) is 5.75 Å². The molecular weight excluding hydrogens is 336 g/mol. The van der Waals surface area contributed by atoms with Crippen molar-refractivity contribution in [3.63, 3.8) is 0 Å². The molecular formula is C19H22N2O5. The molecule has 0 radical (unpaired) electrons. The number of hydrogen-bond acceptors (Lipinski definition) is 6. The molecule has 7 nitrogen and oxygen atoms in total. The van der Waals surface area contributed by atoms with Crippen molar-refractivity contribution in [1.82, 2.24) is 0 Å². The van der Waals surface area contributed by atoms with E-state index in [2.05, 4.69) is 10.6 Å². The third-order valence-corrected chi connectivity index (χ3v) is 3.59. The van der Waals surface area contributed by atoms with E-state index >= 15 is 0 Å². The second-order valence-corrected chi connectivity index (χ2v) is 5.43. The van der Waals surface area contributed by atoms with E-state index < -0.39 is 18.0 Å². The Labute approximate surface area is 151 Å². The molecule has 0 spiro atoms. The average Bonchev–Trinajstić information content (AvgIpc) is 2.66. The Kier molecular flexibility index (Phi) is 6.99. The van der Waals surface area contributed by atoms with Crippen molar-refractivity contribution in [2.45, 2.75) is 13.0 Å². The van der Waals surface area contributed by atoms with Crippen LogP contribution in [0.3, 0.4) is 0 Å². The molecule has 0 aliphatic carbocycles. The number of ether oxygens (including phenoxy) is 2. The van der Waals surface area contributed by atoms with Crippen molar-refractivity contribution in [2.75, 3.05) is 30.9 Å². The van der Waals surface area contributed by atoms with E-state index in [-0.39, 0.29) is 12.2 Å². The zero-order chi connectivity index (χ0) is 18.9. The number of aliphatic hydroxyl groups excluding tert-OH is 1. The minimum Gasteiger partial charge on any atom is -0.495 e. The Morgan fingerprint density at radius 3 is 2.42 bits per heavy atom. The van der Waals surface area contributed by atoms with Crippen LogP contribution in [0.2, 0.25) is 0 Å². The van der Waals surface area contributed by atoms with Gasteiger partial charge in [-0.05, 0) is 31.2 Å². The number of methoxy groups -OCH3 is 1. The lowest BCUT2D eigenvalue weighted by Gasteiger charge is -2.16. The summed E-state index contributed by atoms with van der Waals surface area (Å²) < 4.78 is 10.4. The summed E-state index contributed by atoms with van der Waals surface area (Å²) in [5, 5.41) is 14.5. The summed E-state index contributed by atoms with van der Waals surface area (Å²) in [6, 6.07) is 13.7. The van der Waals surface area contributed by atoms with Gasteiger partial charge in [0.2, 0.25) is 0 Å². The fourth-order valence-corrected chi connectivity index (χ4v) is 2.27. The fourth-order valence-electron chi connectivity index (χ4n) is 2.27. The molecule has 0 bridgehead atoms. The molecule has 1 atom stereocenters. The largest absolute Gasteiger partial charge is 0.495 e. The highest BCUT2D eigenvalue weighted by atomic mass is 16.5. The van der Waals surface area contributed by atoms with Crippen LogP contribution < -0.4 is 15.4 Å². The van der Waals surface area contributed by atoms with Gasteiger partial charge >= 0.3 is 5.97 Å². The molecule has 0 saturated heterocycles. The van der Waals surface area contributed by atoms with Gasteiger partial charge in [0, 0.05) is 12.2 Å². The maximum Gasteiger partial charge on any atom is 0.341 e. The first-order valence-electron chi connectivity index (χ1n) is 8.15. The molecule has 2 aromatic carbocycles. The smallest absolute Gasteiger partial charge is 0.341 e. The Morgan fingerprint density at radius 2 is 1.73 bits per heavy atom. The van der Waals surface area contributed by atoms with Crippen molar-refractivity contribution in [2.24, 2.45) is 0 Å². The maximum absolute atomic E-state index is 12.4. The second-order valence-electron chi connectivity index (χ2n) is 5.43. The summed E-state index contributed by atoms with van der Waals surface area (Å²) in [6.45, 7) is 1.72. The Balaban J connectivity index is 2.03. The summed E-state index contributed by atoms with van der Waals surface area (Å²) in [5.74, 6) is -0.588. The van der Waals surface area contributed by atoms with E-state index in [0.717, 1.165) is 0 Å². The highest BCUT2D eigenvalue weighted by Gasteiger charge is 2.21. The van der Waals surface area contributed by atoms with Crippen LogP contribution in [0.4, 0.5) is 11.4 Å². The minimum atomic E-state index is -1.00. The van der Waals surface area contributed by atoms with Crippen LogP contribution >= 0.6 is 0 Å². The fraction of sp³-hybridized carbons (Fsp3) is 0.263. The number of rotatable bonds is 8. The SMILES string of the molecule is COc1ccccc1NC(=O)[C@@H](C)OC(=O)c1ccccc1NCCO. The first-order chi connectivity index (χ1) is 12.6. The van der Waals surface area contributed by atoms with Crippen LogP contribution in [-0.4, -0.2) is 43.3 Å². The molecule has 0 aromatic heterocycles. The number of hydrogen-bond donors (Lipinski definition) is 3. The van der Waals surface area contributed by atoms with Crippen molar-refractivity contribution < 1.29 is 24.2 Å². The summed E-state index contributed by atoms with van der Waals surface area (Å²) in [5.41, 5.74) is 1.31. The van der Waals surface area contributed by atoms with Crippen LogP contribution in [0.5, 0.6) is 5.75 Å². The van der Waals surface area contributed by atoms with Crippen LogP contribution in [0.25, 0.3) is 0 Å². The zero-order valence-electron chi connectivity index (χ0n) is 14.7. The summed E-state index contributed by atoms with van der Waals surface area (Å²) in [7, 11) is 1.50. The van der Waals surface area contributed by atoms with Crippen molar-refractivity contribution >= 4 is 23.3 Å². The molecule has 1 amide bonds. The van der Waals surface area contributed by atoms with E-state index in [9.17, 15) is 9.59 Å². The number of esters is 1. The number of aliphatic hydroxyl groups is 1. The summed E-state index contributed by atoms with van der Waals surface area (Å²) >= 11 is 0. The predicted octanol–water partition coefficient (Wildman–Crippen LogP) is 2.28. The zero-order valence-corrected chi connectivity index (χ0v) is 14.7. The summed E-state index contributed by atoms with van der Waals surface area (Å²) in [6.07, 6.45) is -1.00. The number of amides is 1. The van der Waals surface area contributed by atoms with Gasteiger partial charge in [0.25, 0.3) is 5.91 Å². The topological polar surface area (TPSA) is 96.9 Å². The Hall–Kier alpha value is -3.06. The van der Waals surface area contributed by atoms with Crippen LogP contribution in [-0.2, 0) is 9.53 Å². The normalized spacial score (nSPS) is 11.3. The van der Waals surface area contributed by atoms with Gasteiger partial charge in [-0.1, -0.05) is 24.3 Å². The molecule has 0 aliphatic rings. The Bertz CT molecular complexity index is 763. The lowest BCUT2D eigenvalue weighted by molar-refractivity contribution is -0.123. The minimum absolute atomic E-state index is 0.0684. The molecule has 0 heterocycles. The van der Waals surface area contributed by atoms with Crippen molar-refractivity contribution in [1.29, 1.82) is 0 Å². The van der Waals surface area contributed by atoms with Crippen LogP contribution in [0.15, 0.2) is 48.5 Å². The number of benzene rings is 2. The molecule has 2 rings (SSSR count). The molecule has 7 heteroatoms.